The monoisotopic (exact) mass is 312 g/mol. The zero-order chi connectivity index (χ0) is 13.3. The normalized spacial score (nSPS) is 10.4. The Balaban J connectivity index is 2.46. The summed E-state index contributed by atoms with van der Waals surface area (Å²) in [5.41, 5.74) is 7.32. The zero-order valence-electron chi connectivity index (χ0n) is 9.60. The van der Waals surface area contributed by atoms with Crippen LogP contribution in [-0.2, 0) is 0 Å². The molecule has 0 bridgehead atoms. The van der Waals surface area contributed by atoms with Gasteiger partial charge in [0.15, 0.2) is 11.6 Å². The van der Waals surface area contributed by atoms with Crippen molar-refractivity contribution in [3.8, 4) is 0 Å². The summed E-state index contributed by atoms with van der Waals surface area (Å²) in [5.74, 6) is -1.91. The maximum Gasteiger partial charge on any atom is 0.184 e. The molecule has 0 aliphatic carbocycles. The van der Waals surface area contributed by atoms with Gasteiger partial charge in [-0.05, 0) is 36.8 Å². The van der Waals surface area contributed by atoms with Crippen molar-refractivity contribution < 1.29 is 8.78 Å². The number of nitrogens with one attached hydrogen (secondary N) is 1. The van der Waals surface area contributed by atoms with Crippen LogP contribution >= 0.6 is 15.9 Å². The van der Waals surface area contributed by atoms with E-state index >= 15 is 0 Å². The van der Waals surface area contributed by atoms with E-state index in [2.05, 4.69) is 21.2 Å². The number of anilines is 3. The predicted molar refractivity (Wildman–Crippen MR) is 72.9 cm³/mol. The third kappa shape index (κ3) is 2.31. The van der Waals surface area contributed by atoms with Crippen LogP contribution in [0.3, 0.4) is 0 Å². The highest BCUT2D eigenvalue weighted by atomic mass is 79.9. The van der Waals surface area contributed by atoms with Crippen molar-refractivity contribution >= 4 is 33.0 Å². The number of nitrogen functional groups attached to an aromatic ring is 1. The summed E-state index contributed by atoms with van der Waals surface area (Å²) in [5, 5.41) is 2.82. The van der Waals surface area contributed by atoms with Gasteiger partial charge in [0.1, 0.15) is 5.69 Å². The van der Waals surface area contributed by atoms with Gasteiger partial charge in [-0.2, -0.15) is 0 Å². The Morgan fingerprint density at radius 3 is 2.61 bits per heavy atom. The summed E-state index contributed by atoms with van der Waals surface area (Å²) in [6.45, 7) is 1.86. The lowest BCUT2D eigenvalue weighted by molar-refractivity contribution is 0.512. The van der Waals surface area contributed by atoms with Gasteiger partial charge in [0.2, 0.25) is 0 Å². The second-order valence-electron chi connectivity index (χ2n) is 3.86. The van der Waals surface area contributed by atoms with E-state index in [1.807, 2.05) is 13.0 Å². The van der Waals surface area contributed by atoms with Crippen LogP contribution in [0.4, 0.5) is 25.8 Å². The first kappa shape index (κ1) is 12.8. The smallest absolute Gasteiger partial charge is 0.184 e. The summed E-state index contributed by atoms with van der Waals surface area (Å²) in [6.07, 6.45) is 0. The second-order valence-corrected chi connectivity index (χ2v) is 4.72. The molecule has 18 heavy (non-hydrogen) atoms. The van der Waals surface area contributed by atoms with E-state index in [1.165, 1.54) is 6.07 Å². The first-order chi connectivity index (χ1) is 8.50. The summed E-state index contributed by atoms with van der Waals surface area (Å²) in [7, 11) is 0. The van der Waals surface area contributed by atoms with E-state index in [0.29, 0.717) is 5.69 Å². The topological polar surface area (TPSA) is 38.0 Å². The SMILES string of the molecule is Cc1c(Br)cccc1Nc1c(N)ccc(F)c1F. The third-order valence-corrected chi connectivity index (χ3v) is 3.51. The van der Waals surface area contributed by atoms with Crippen molar-refractivity contribution in [2.45, 2.75) is 6.92 Å². The Hall–Kier alpha value is -1.62. The molecule has 0 fully saturated rings. The van der Waals surface area contributed by atoms with Crippen molar-refractivity contribution in [3.63, 3.8) is 0 Å². The lowest BCUT2D eigenvalue weighted by Crippen LogP contribution is -2.02. The number of benzene rings is 2. The van der Waals surface area contributed by atoms with Gasteiger partial charge in [-0.25, -0.2) is 8.78 Å². The van der Waals surface area contributed by atoms with E-state index in [-0.39, 0.29) is 11.4 Å². The maximum absolute atomic E-state index is 13.7. The average molecular weight is 313 g/mol. The molecule has 0 radical (unpaired) electrons. The van der Waals surface area contributed by atoms with Gasteiger partial charge in [-0.3, -0.25) is 0 Å². The number of hydrogen-bond acceptors (Lipinski definition) is 2. The van der Waals surface area contributed by atoms with Gasteiger partial charge in [-0.15, -0.1) is 0 Å². The van der Waals surface area contributed by atoms with Gasteiger partial charge in [0, 0.05) is 10.2 Å². The fourth-order valence-corrected chi connectivity index (χ4v) is 1.94. The third-order valence-electron chi connectivity index (χ3n) is 2.65. The van der Waals surface area contributed by atoms with Gasteiger partial charge in [0.05, 0.1) is 5.69 Å². The van der Waals surface area contributed by atoms with Gasteiger partial charge < -0.3 is 11.1 Å². The Kier molecular flexibility index (Phi) is 3.52. The van der Waals surface area contributed by atoms with Crippen LogP contribution in [0.1, 0.15) is 5.56 Å². The van der Waals surface area contributed by atoms with Crippen LogP contribution in [0.15, 0.2) is 34.8 Å². The van der Waals surface area contributed by atoms with E-state index in [4.69, 9.17) is 5.73 Å². The fourth-order valence-electron chi connectivity index (χ4n) is 1.57. The molecular formula is C13H11BrF2N2. The summed E-state index contributed by atoms with van der Waals surface area (Å²) < 4.78 is 27.7. The maximum atomic E-state index is 13.7. The highest BCUT2D eigenvalue weighted by Gasteiger charge is 2.13. The van der Waals surface area contributed by atoms with E-state index < -0.39 is 11.6 Å². The molecule has 94 valence electrons. The van der Waals surface area contributed by atoms with Crippen LogP contribution in [0.2, 0.25) is 0 Å². The average Bonchev–Trinajstić information content (AvgIpc) is 2.35. The summed E-state index contributed by atoms with van der Waals surface area (Å²) >= 11 is 3.37. The molecule has 0 spiro atoms. The zero-order valence-corrected chi connectivity index (χ0v) is 11.2. The lowest BCUT2D eigenvalue weighted by Gasteiger charge is -2.13. The van der Waals surface area contributed by atoms with Crippen LogP contribution in [0.25, 0.3) is 0 Å². The molecular weight excluding hydrogens is 302 g/mol. The summed E-state index contributed by atoms with van der Waals surface area (Å²) in [4.78, 5) is 0. The highest BCUT2D eigenvalue weighted by Crippen LogP contribution is 2.31. The first-order valence-corrected chi connectivity index (χ1v) is 6.05. The van der Waals surface area contributed by atoms with E-state index in [9.17, 15) is 8.78 Å². The molecule has 2 rings (SSSR count). The number of halogens is 3. The molecule has 0 unspecified atom stereocenters. The van der Waals surface area contributed by atoms with Crippen molar-refractivity contribution in [1.29, 1.82) is 0 Å². The van der Waals surface area contributed by atoms with Crippen molar-refractivity contribution in [1.82, 2.24) is 0 Å². The second kappa shape index (κ2) is 4.94. The fraction of sp³-hybridized carbons (Fsp3) is 0.0769. The molecule has 2 nitrogen and oxygen atoms in total. The van der Waals surface area contributed by atoms with Gasteiger partial charge in [0.25, 0.3) is 0 Å². The number of hydrogen-bond donors (Lipinski definition) is 2. The number of rotatable bonds is 2. The van der Waals surface area contributed by atoms with Crippen LogP contribution in [0, 0.1) is 18.6 Å². The Morgan fingerprint density at radius 1 is 1.17 bits per heavy atom. The van der Waals surface area contributed by atoms with Crippen molar-refractivity contribution in [2.24, 2.45) is 0 Å². The van der Waals surface area contributed by atoms with Crippen LogP contribution in [0.5, 0.6) is 0 Å². The molecule has 0 saturated heterocycles. The molecule has 3 N–H and O–H groups in total. The largest absolute Gasteiger partial charge is 0.397 e. The van der Waals surface area contributed by atoms with Gasteiger partial charge >= 0.3 is 0 Å². The van der Waals surface area contributed by atoms with E-state index in [1.54, 1.807) is 12.1 Å². The van der Waals surface area contributed by atoms with Crippen molar-refractivity contribution in [2.75, 3.05) is 11.1 Å². The molecule has 2 aromatic rings. The molecule has 0 aromatic heterocycles. The molecule has 0 aliphatic rings. The molecule has 0 amide bonds. The van der Waals surface area contributed by atoms with Gasteiger partial charge in [-0.1, -0.05) is 22.0 Å². The standard InChI is InChI=1S/C13H11BrF2N2/c1-7-8(14)3-2-4-11(7)18-13-10(17)6-5-9(15)12(13)16/h2-6,18H,17H2,1H3. The number of nitrogens with two attached hydrogens (primary N) is 1. The molecule has 5 heteroatoms. The lowest BCUT2D eigenvalue weighted by atomic mass is 10.2. The van der Waals surface area contributed by atoms with Crippen molar-refractivity contribution in [3.05, 3.63) is 52.0 Å². The molecule has 0 saturated carbocycles. The van der Waals surface area contributed by atoms with Crippen LogP contribution in [-0.4, -0.2) is 0 Å². The first-order valence-electron chi connectivity index (χ1n) is 5.26. The molecule has 2 aromatic carbocycles. The molecule has 0 aliphatic heterocycles. The predicted octanol–water partition coefficient (Wildman–Crippen LogP) is 4.36. The molecule has 0 atom stereocenters. The minimum absolute atomic E-state index is 0.0452. The minimum atomic E-state index is -0.977. The Labute approximate surface area is 112 Å². The van der Waals surface area contributed by atoms with Crippen LogP contribution < -0.4 is 11.1 Å². The Bertz CT molecular complexity index is 600. The quantitative estimate of drug-likeness (QED) is 0.808. The van der Waals surface area contributed by atoms with E-state index in [0.717, 1.165) is 16.1 Å². The Morgan fingerprint density at radius 2 is 1.89 bits per heavy atom. The summed E-state index contributed by atoms with van der Waals surface area (Å²) in [6, 6.07) is 7.76. The minimum Gasteiger partial charge on any atom is -0.397 e. The highest BCUT2D eigenvalue weighted by molar-refractivity contribution is 9.10. The molecule has 0 heterocycles.